The van der Waals surface area contributed by atoms with Gasteiger partial charge in [0, 0.05) is 68.2 Å². The highest BCUT2D eigenvalue weighted by atomic mass is 35.5. The molecule has 11 heteroatoms. The Bertz CT molecular complexity index is 1100. The summed E-state index contributed by atoms with van der Waals surface area (Å²) in [6.45, 7) is 2.94. The molecule has 1 fully saturated rings. The second-order valence-corrected chi connectivity index (χ2v) is 9.98. The molecule has 0 aliphatic carbocycles. The lowest BCUT2D eigenvalue weighted by Crippen LogP contribution is -2.48. The van der Waals surface area contributed by atoms with Crippen LogP contribution in [-0.4, -0.2) is 71.7 Å². The number of halogens is 2. The molecule has 3 heterocycles. The average molecular weight is 481 g/mol. The smallest absolute Gasteiger partial charge is 0.155 e. The molecular formula is C21H26ClFN6O2S. The van der Waals surface area contributed by atoms with Crippen molar-refractivity contribution in [2.75, 3.05) is 43.1 Å². The topological polar surface area (TPSA) is 95.1 Å². The zero-order chi connectivity index (χ0) is 21.8. The van der Waals surface area contributed by atoms with Gasteiger partial charge in [-0.3, -0.25) is 15.0 Å². The fourth-order valence-corrected chi connectivity index (χ4v) is 4.60. The summed E-state index contributed by atoms with van der Waals surface area (Å²) >= 11 is 0. The van der Waals surface area contributed by atoms with Gasteiger partial charge in [0.15, 0.2) is 5.82 Å². The molecule has 1 aliphatic rings. The number of anilines is 1. The molecule has 0 saturated carbocycles. The number of piperazine rings is 1. The molecule has 0 amide bonds. The molecule has 1 aromatic carbocycles. The normalized spacial score (nSPS) is 15.9. The largest absolute Gasteiger partial charge is 0.352 e. The van der Waals surface area contributed by atoms with E-state index in [-0.39, 0.29) is 30.0 Å². The number of nitrogens with zero attached hydrogens (tertiary/aromatic N) is 5. The summed E-state index contributed by atoms with van der Waals surface area (Å²) in [4.78, 5) is 13.5. The van der Waals surface area contributed by atoms with Crippen molar-refractivity contribution in [2.45, 2.75) is 12.5 Å². The molecule has 172 valence electrons. The van der Waals surface area contributed by atoms with Crippen LogP contribution in [0.3, 0.4) is 0 Å². The first kappa shape index (κ1) is 24.1. The summed E-state index contributed by atoms with van der Waals surface area (Å²) in [5.74, 6) is 0.606. The molecular weight excluding hydrogens is 455 g/mol. The Hall–Kier alpha value is -2.56. The van der Waals surface area contributed by atoms with Crippen molar-refractivity contribution in [3.05, 3.63) is 60.4 Å². The maximum absolute atomic E-state index is 13.3. The molecule has 0 bridgehead atoms. The van der Waals surface area contributed by atoms with Gasteiger partial charge >= 0.3 is 0 Å². The van der Waals surface area contributed by atoms with Crippen LogP contribution in [0.1, 0.15) is 18.0 Å². The second-order valence-electron chi connectivity index (χ2n) is 7.72. The number of aromatic nitrogens is 4. The van der Waals surface area contributed by atoms with Gasteiger partial charge in [-0.25, -0.2) is 17.8 Å². The van der Waals surface area contributed by atoms with E-state index in [2.05, 4.69) is 30.0 Å². The number of hydrogen-bond donors (Lipinski definition) is 1. The van der Waals surface area contributed by atoms with E-state index in [4.69, 9.17) is 0 Å². The third-order valence-electron chi connectivity index (χ3n) is 5.52. The number of H-pyrrole nitrogens is 1. The van der Waals surface area contributed by atoms with Gasteiger partial charge in [0.05, 0.1) is 11.9 Å². The van der Waals surface area contributed by atoms with E-state index in [1.54, 1.807) is 30.7 Å². The summed E-state index contributed by atoms with van der Waals surface area (Å²) in [5, 5.41) is 6.87. The molecule has 8 nitrogen and oxygen atoms in total. The van der Waals surface area contributed by atoms with Gasteiger partial charge in [-0.05, 0) is 30.7 Å². The van der Waals surface area contributed by atoms with Crippen LogP contribution >= 0.6 is 12.4 Å². The lowest BCUT2D eigenvalue weighted by Gasteiger charge is -2.39. The Morgan fingerprint density at radius 1 is 1.09 bits per heavy atom. The van der Waals surface area contributed by atoms with Gasteiger partial charge < -0.3 is 4.90 Å². The van der Waals surface area contributed by atoms with E-state index >= 15 is 0 Å². The Morgan fingerprint density at radius 3 is 2.41 bits per heavy atom. The van der Waals surface area contributed by atoms with E-state index in [9.17, 15) is 12.8 Å². The quantitative estimate of drug-likeness (QED) is 0.555. The van der Waals surface area contributed by atoms with E-state index < -0.39 is 9.84 Å². The lowest BCUT2D eigenvalue weighted by atomic mass is 10.1. The van der Waals surface area contributed by atoms with E-state index in [1.165, 1.54) is 18.4 Å². The molecule has 32 heavy (non-hydrogen) atoms. The molecule has 4 rings (SSSR count). The minimum Gasteiger partial charge on any atom is -0.352 e. The highest BCUT2D eigenvalue weighted by Gasteiger charge is 2.28. The molecule has 2 aromatic heterocycles. The number of rotatable bonds is 7. The molecule has 1 aliphatic heterocycles. The molecule has 0 radical (unpaired) electrons. The van der Waals surface area contributed by atoms with Gasteiger partial charge in [-0.15, -0.1) is 12.4 Å². The van der Waals surface area contributed by atoms with Crippen LogP contribution in [0.15, 0.2) is 49.1 Å². The number of aromatic amines is 1. The third-order valence-corrected chi connectivity index (χ3v) is 6.49. The van der Waals surface area contributed by atoms with Crippen LogP contribution in [0.25, 0.3) is 11.3 Å². The second kappa shape index (κ2) is 10.4. The lowest BCUT2D eigenvalue weighted by molar-refractivity contribution is 0.181. The van der Waals surface area contributed by atoms with E-state index in [1.807, 2.05) is 6.20 Å². The van der Waals surface area contributed by atoms with Gasteiger partial charge in [-0.2, -0.15) is 5.10 Å². The summed E-state index contributed by atoms with van der Waals surface area (Å²) in [6.07, 6.45) is 8.67. The van der Waals surface area contributed by atoms with Gasteiger partial charge in [0.25, 0.3) is 0 Å². The van der Waals surface area contributed by atoms with Crippen molar-refractivity contribution >= 4 is 28.1 Å². The molecule has 1 saturated heterocycles. The summed E-state index contributed by atoms with van der Waals surface area (Å²) < 4.78 is 36.8. The highest BCUT2D eigenvalue weighted by molar-refractivity contribution is 7.90. The monoisotopic (exact) mass is 480 g/mol. The standard InChI is InChI=1S/C21H25FN6O2S.ClH/c1-31(29,30)13-6-19(17-14-25-26-15-17)27-9-11-28(12-10-27)21-20(23-7-8-24-21)16-2-4-18(22)5-3-16;/h2-5,7-8,14-15,19H,6,9-13H2,1H3,(H,25,26);1H. The van der Waals surface area contributed by atoms with Crippen molar-refractivity contribution in [2.24, 2.45) is 0 Å². The number of hydrogen-bond acceptors (Lipinski definition) is 7. The Kier molecular flexibility index (Phi) is 7.81. The zero-order valence-electron chi connectivity index (χ0n) is 17.7. The Balaban J connectivity index is 0.00000289. The summed E-state index contributed by atoms with van der Waals surface area (Å²) in [6, 6.07) is 6.24. The number of nitrogens with one attached hydrogen (secondary N) is 1. The van der Waals surface area contributed by atoms with Crippen molar-refractivity contribution in [1.82, 2.24) is 25.1 Å². The maximum atomic E-state index is 13.3. The summed E-state index contributed by atoms with van der Waals surface area (Å²) in [7, 11) is -3.05. The maximum Gasteiger partial charge on any atom is 0.155 e. The van der Waals surface area contributed by atoms with Crippen molar-refractivity contribution in [3.8, 4) is 11.3 Å². The predicted octanol–water partition coefficient (Wildman–Crippen LogP) is 2.73. The van der Waals surface area contributed by atoms with Gasteiger partial charge in [0.2, 0.25) is 0 Å². The Labute approximate surface area is 193 Å². The van der Waals surface area contributed by atoms with Crippen molar-refractivity contribution < 1.29 is 12.8 Å². The van der Waals surface area contributed by atoms with Crippen molar-refractivity contribution in [3.63, 3.8) is 0 Å². The molecule has 1 atom stereocenters. The fourth-order valence-electron chi connectivity index (χ4n) is 3.95. The first-order chi connectivity index (χ1) is 14.9. The van der Waals surface area contributed by atoms with Gasteiger partial charge in [-0.1, -0.05) is 0 Å². The predicted molar refractivity (Wildman–Crippen MR) is 124 cm³/mol. The third kappa shape index (κ3) is 5.81. The van der Waals surface area contributed by atoms with Gasteiger partial charge in [0.1, 0.15) is 21.3 Å². The van der Waals surface area contributed by atoms with Crippen LogP contribution in [0, 0.1) is 5.82 Å². The molecule has 3 aromatic rings. The summed E-state index contributed by atoms with van der Waals surface area (Å²) in [5.41, 5.74) is 2.53. The highest BCUT2D eigenvalue weighted by Crippen LogP contribution is 2.30. The van der Waals surface area contributed by atoms with Crippen molar-refractivity contribution in [1.29, 1.82) is 0 Å². The van der Waals surface area contributed by atoms with Crippen LogP contribution in [0.4, 0.5) is 10.2 Å². The first-order valence-electron chi connectivity index (χ1n) is 10.1. The van der Waals surface area contributed by atoms with Crippen LogP contribution in [-0.2, 0) is 9.84 Å². The molecule has 1 N–H and O–H groups in total. The SMILES string of the molecule is CS(=O)(=O)CCC(c1cn[nH]c1)N1CCN(c2nccnc2-c2ccc(F)cc2)CC1.Cl. The number of benzene rings is 1. The molecule has 1 unspecified atom stereocenters. The van der Waals surface area contributed by atoms with Crippen LogP contribution in [0.2, 0.25) is 0 Å². The van der Waals surface area contributed by atoms with E-state index in [0.717, 1.165) is 48.8 Å². The zero-order valence-corrected chi connectivity index (χ0v) is 19.3. The van der Waals surface area contributed by atoms with E-state index in [0.29, 0.717) is 6.42 Å². The molecule has 0 spiro atoms. The average Bonchev–Trinajstić information content (AvgIpc) is 3.29. The minimum absolute atomic E-state index is 0. The Morgan fingerprint density at radius 2 is 1.78 bits per heavy atom. The first-order valence-corrected chi connectivity index (χ1v) is 12.2. The number of sulfone groups is 1. The van der Waals surface area contributed by atoms with Crippen LogP contribution < -0.4 is 4.90 Å². The van der Waals surface area contributed by atoms with Crippen LogP contribution in [0.5, 0.6) is 0 Å². The minimum atomic E-state index is -3.05. The fraction of sp³-hybridized carbons (Fsp3) is 0.381.